The summed E-state index contributed by atoms with van der Waals surface area (Å²) in [6, 6.07) is 4.11. The summed E-state index contributed by atoms with van der Waals surface area (Å²) in [5.41, 5.74) is -1.98. The van der Waals surface area contributed by atoms with Crippen molar-refractivity contribution in [1.29, 1.82) is 0 Å². The number of carboxylic acid groups (broad SMARTS) is 1. The molecule has 1 heterocycles. The zero-order chi connectivity index (χ0) is 16.7. The third kappa shape index (κ3) is 3.19. The number of fused-ring (bicyclic) bond motifs is 1. The molecule has 0 bridgehead atoms. The van der Waals surface area contributed by atoms with E-state index in [2.05, 4.69) is 15.9 Å². The molecule has 0 fully saturated rings. The molecular formula is C15H13BrO6. The highest BCUT2D eigenvalue weighted by atomic mass is 79.9. The number of hydrogen-bond donors (Lipinski definition) is 1. The van der Waals surface area contributed by atoms with Gasteiger partial charge in [-0.25, -0.2) is 9.59 Å². The lowest BCUT2D eigenvalue weighted by molar-refractivity contribution is -0.143. The van der Waals surface area contributed by atoms with Crippen LogP contribution in [-0.4, -0.2) is 17.0 Å². The fourth-order valence-corrected chi connectivity index (χ4v) is 2.04. The van der Waals surface area contributed by atoms with E-state index in [1.165, 1.54) is 18.2 Å². The van der Waals surface area contributed by atoms with Crippen LogP contribution in [0.4, 0.5) is 0 Å². The number of halogens is 1. The Morgan fingerprint density at radius 2 is 1.86 bits per heavy atom. The third-order valence-electron chi connectivity index (χ3n) is 2.83. The number of rotatable bonds is 2. The van der Waals surface area contributed by atoms with E-state index in [4.69, 9.17) is 14.3 Å². The Morgan fingerprint density at radius 1 is 1.23 bits per heavy atom. The average Bonchev–Trinajstić information content (AvgIpc) is 2.38. The topological polar surface area (TPSA) is 93.8 Å². The Kier molecular flexibility index (Phi) is 4.10. The van der Waals surface area contributed by atoms with Gasteiger partial charge in [0.25, 0.3) is 0 Å². The van der Waals surface area contributed by atoms with Gasteiger partial charge < -0.3 is 14.3 Å². The molecular weight excluding hydrogens is 356 g/mol. The van der Waals surface area contributed by atoms with Crippen LogP contribution in [0.5, 0.6) is 5.75 Å². The molecule has 22 heavy (non-hydrogen) atoms. The van der Waals surface area contributed by atoms with Crippen LogP contribution in [0.1, 0.15) is 31.1 Å². The van der Waals surface area contributed by atoms with Gasteiger partial charge in [0.05, 0.1) is 9.89 Å². The van der Waals surface area contributed by atoms with Crippen molar-refractivity contribution in [2.75, 3.05) is 0 Å². The zero-order valence-corrected chi connectivity index (χ0v) is 13.7. The van der Waals surface area contributed by atoms with Gasteiger partial charge >= 0.3 is 17.6 Å². The van der Waals surface area contributed by atoms with Crippen molar-refractivity contribution in [3.05, 3.63) is 38.7 Å². The van der Waals surface area contributed by atoms with Gasteiger partial charge in [-0.3, -0.25) is 4.79 Å². The molecule has 0 aliphatic heterocycles. The summed E-state index contributed by atoms with van der Waals surface area (Å²) >= 11 is 3.25. The predicted molar refractivity (Wildman–Crippen MR) is 82.2 cm³/mol. The van der Waals surface area contributed by atoms with Crippen LogP contribution in [-0.2, 0) is 4.79 Å². The number of carbonyl (C=O) groups excluding carboxylic acids is 1. The van der Waals surface area contributed by atoms with E-state index in [9.17, 15) is 14.4 Å². The van der Waals surface area contributed by atoms with Crippen molar-refractivity contribution >= 4 is 38.8 Å². The van der Waals surface area contributed by atoms with Crippen molar-refractivity contribution in [1.82, 2.24) is 0 Å². The summed E-state index contributed by atoms with van der Waals surface area (Å²) in [5, 5.41) is 9.32. The Morgan fingerprint density at radius 3 is 2.41 bits per heavy atom. The third-order valence-corrected chi connectivity index (χ3v) is 3.45. The first-order valence-corrected chi connectivity index (χ1v) is 7.12. The molecule has 116 valence electrons. The number of carboxylic acids is 1. The van der Waals surface area contributed by atoms with Crippen LogP contribution in [0.3, 0.4) is 0 Å². The van der Waals surface area contributed by atoms with E-state index in [1.807, 2.05) is 0 Å². The van der Waals surface area contributed by atoms with Gasteiger partial charge in [-0.1, -0.05) is 0 Å². The highest BCUT2D eigenvalue weighted by molar-refractivity contribution is 9.10. The Labute approximate surface area is 133 Å². The van der Waals surface area contributed by atoms with Gasteiger partial charge in [0.2, 0.25) is 0 Å². The number of ether oxygens (including phenoxy) is 1. The quantitative estimate of drug-likeness (QED) is 0.496. The van der Waals surface area contributed by atoms with E-state index >= 15 is 0 Å². The molecule has 0 saturated heterocycles. The van der Waals surface area contributed by atoms with Crippen molar-refractivity contribution in [2.24, 2.45) is 5.41 Å². The highest BCUT2D eigenvalue weighted by Crippen LogP contribution is 2.32. The Hall–Kier alpha value is -2.15. The minimum Gasteiger partial charge on any atom is -0.477 e. The van der Waals surface area contributed by atoms with Gasteiger partial charge in [-0.2, -0.15) is 0 Å². The number of esters is 1. The van der Waals surface area contributed by atoms with E-state index in [0.29, 0.717) is 9.86 Å². The van der Waals surface area contributed by atoms with E-state index in [1.54, 1.807) is 20.8 Å². The minimum absolute atomic E-state index is 0.134. The SMILES string of the molecule is CC(C)(C)C(=O)Oc1cc2oc(=O)c(C(=O)O)cc2cc1Br. The zero-order valence-electron chi connectivity index (χ0n) is 12.1. The fraction of sp³-hybridized carbons (Fsp3) is 0.267. The summed E-state index contributed by atoms with van der Waals surface area (Å²) in [5.74, 6) is -1.62. The Bertz CT molecular complexity index is 828. The average molecular weight is 369 g/mol. The molecule has 0 aliphatic rings. The van der Waals surface area contributed by atoms with Crippen LogP contribution in [0.2, 0.25) is 0 Å². The summed E-state index contributed by atoms with van der Waals surface area (Å²) in [6.07, 6.45) is 0. The molecule has 1 aromatic carbocycles. The number of benzene rings is 1. The Balaban J connectivity index is 2.54. The molecule has 2 rings (SSSR count). The van der Waals surface area contributed by atoms with Crippen LogP contribution in [0, 0.1) is 5.41 Å². The number of carbonyl (C=O) groups is 2. The van der Waals surface area contributed by atoms with Gasteiger partial charge in [0.1, 0.15) is 16.9 Å². The maximum atomic E-state index is 11.9. The molecule has 1 N–H and O–H groups in total. The van der Waals surface area contributed by atoms with Crippen LogP contribution >= 0.6 is 15.9 Å². The lowest BCUT2D eigenvalue weighted by atomic mass is 9.97. The second-order valence-corrected chi connectivity index (χ2v) is 6.57. The van der Waals surface area contributed by atoms with E-state index < -0.39 is 28.5 Å². The van der Waals surface area contributed by atoms with Crippen molar-refractivity contribution < 1.29 is 23.8 Å². The smallest absolute Gasteiger partial charge is 0.351 e. The molecule has 1 aromatic heterocycles. The summed E-state index contributed by atoms with van der Waals surface area (Å²) in [4.78, 5) is 34.4. The van der Waals surface area contributed by atoms with Crippen molar-refractivity contribution in [2.45, 2.75) is 20.8 Å². The number of aromatic carboxylic acids is 1. The normalized spacial score (nSPS) is 11.5. The number of hydrogen-bond acceptors (Lipinski definition) is 5. The first kappa shape index (κ1) is 16.2. The molecule has 0 amide bonds. The molecule has 0 aliphatic carbocycles. The molecule has 6 nitrogen and oxygen atoms in total. The lowest BCUT2D eigenvalue weighted by Gasteiger charge is -2.17. The van der Waals surface area contributed by atoms with Crippen LogP contribution in [0.15, 0.2) is 31.9 Å². The summed E-state index contributed by atoms with van der Waals surface area (Å²) in [6.45, 7) is 5.14. The highest BCUT2D eigenvalue weighted by Gasteiger charge is 2.25. The van der Waals surface area contributed by atoms with Crippen LogP contribution in [0.25, 0.3) is 11.0 Å². The van der Waals surface area contributed by atoms with Gasteiger partial charge in [0, 0.05) is 11.5 Å². The van der Waals surface area contributed by atoms with Crippen molar-refractivity contribution in [3.8, 4) is 5.75 Å². The first-order valence-electron chi connectivity index (χ1n) is 6.32. The second-order valence-electron chi connectivity index (χ2n) is 5.71. The summed E-state index contributed by atoms with van der Waals surface area (Å²) in [7, 11) is 0. The minimum atomic E-state index is -1.37. The maximum Gasteiger partial charge on any atom is 0.351 e. The molecule has 0 spiro atoms. The van der Waals surface area contributed by atoms with E-state index in [0.717, 1.165) is 0 Å². The standard InChI is InChI=1S/C15H13BrO6/c1-15(2,3)14(20)22-11-6-10-7(5-9(11)16)4-8(12(17)18)13(19)21-10/h4-6H,1-3H3,(H,17,18). The molecule has 7 heteroatoms. The fourth-order valence-electron chi connectivity index (χ4n) is 1.60. The lowest BCUT2D eigenvalue weighted by Crippen LogP contribution is -2.25. The van der Waals surface area contributed by atoms with E-state index in [-0.39, 0.29) is 11.3 Å². The predicted octanol–water partition coefficient (Wildman–Crippen LogP) is 3.21. The molecule has 2 aromatic rings. The molecule has 0 radical (unpaired) electrons. The molecule has 0 unspecified atom stereocenters. The summed E-state index contributed by atoms with van der Waals surface area (Å²) < 4.78 is 10.7. The largest absolute Gasteiger partial charge is 0.477 e. The van der Waals surface area contributed by atoms with Crippen LogP contribution < -0.4 is 10.4 Å². The van der Waals surface area contributed by atoms with Gasteiger partial charge in [-0.05, 0) is 48.8 Å². The van der Waals surface area contributed by atoms with Gasteiger partial charge in [-0.15, -0.1) is 0 Å². The van der Waals surface area contributed by atoms with Gasteiger partial charge in [0.15, 0.2) is 0 Å². The molecule has 0 saturated carbocycles. The maximum absolute atomic E-state index is 11.9. The van der Waals surface area contributed by atoms with Crippen molar-refractivity contribution in [3.63, 3.8) is 0 Å². The molecule has 0 atom stereocenters. The monoisotopic (exact) mass is 368 g/mol. The first-order chi connectivity index (χ1) is 10.1. The second kappa shape index (κ2) is 5.57.